The van der Waals surface area contributed by atoms with Gasteiger partial charge in [-0.2, -0.15) is 0 Å². The number of ether oxygens (including phenoxy) is 3. The molecule has 2 amide bonds. The molecule has 0 radical (unpaired) electrons. The van der Waals surface area contributed by atoms with E-state index in [9.17, 15) is 29.1 Å². The first-order valence-corrected chi connectivity index (χ1v) is 13.0. The fraction of sp³-hybridized carbons (Fsp3) is 0.593. The van der Waals surface area contributed by atoms with Crippen molar-refractivity contribution in [2.24, 2.45) is 11.8 Å². The van der Waals surface area contributed by atoms with Gasteiger partial charge < -0.3 is 30.0 Å². The largest absolute Gasteiger partial charge is 0.505 e. The first-order valence-electron chi connectivity index (χ1n) is 13.0. The second-order valence-corrected chi connectivity index (χ2v) is 9.71. The van der Waals surface area contributed by atoms with E-state index in [2.05, 4.69) is 17.6 Å². The summed E-state index contributed by atoms with van der Waals surface area (Å²) in [5.41, 5.74) is -0.216. The third kappa shape index (κ3) is 7.93. The fourth-order valence-electron chi connectivity index (χ4n) is 4.14. The van der Waals surface area contributed by atoms with E-state index in [1.807, 2.05) is 0 Å². The number of anilines is 1. The second kappa shape index (κ2) is 14.3. The van der Waals surface area contributed by atoms with Crippen molar-refractivity contribution in [2.45, 2.75) is 91.1 Å². The molecule has 0 bridgehead atoms. The molecule has 11 heteroatoms. The zero-order chi connectivity index (χ0) is 28.4. The number of nitrogens with one attached hydrogen (secondary N) is 2. The van der Waals surface area contributed by atoms with Crippen LogP contribution in [0.1, 0.15) is 77.1 Å². The molecule has 11 nitrogen and oxygen atoms in total. The number of aromatic hydroxyl groups is 1. The molecule has 2 rings (SSSR count). The van der Waals surface area contributed by atoms with E-state index in [0.29, 0.717) is 19.3 Å². The highest BCUT2D eigenvalue weighted by atomic mass is 16.6. The minimum Gasteiger partial charge on any atom is -0.505 e. The highest BCUT2D eigenvalue weighted by molar-refractivity contribution is 6.01. The molecule has 38 heavy (non-hydrogen) atoms. The Bertz CT molecular complexity index is 1010. The van der Waals surface area contributed by atoms with Gasteiger partial charge in [-0.25, -0.2) is 4.79 Å². The Labute approximate surface area is 222 Å². The lowest BCUT2D eigenvalue weighted by Crippen LogP contribution is -2.50. The summed E-state index contributed by atoms with van der Waals surface area (Å²) in [5.74, 6) is -4.80. The monoisotopic (exact) mass is 534 g/mol. The predicted octanol–water partition coefficient (Wildman–Crippen LogP) is 3.09. The number of amides is 2. The summed E-state index contributed by atoms with van der Waals surface area (Å²) in [6.07, 6.45) is 1.02. The Kier molecular flexibility index (Phi) is 11.5. The van der Waals surface area contributed by atoms with Gasteiger partial charge in [-0.15, -0.1) is 0 Å². The predicted molar refractivity (Wildman–Crippen MR) is 137 cm³/mol. The Morgan fingerprint density at radius 2 is 1.76 bits per heavy atom. The summed E-state index contributed by atoms with van der Waals surface area (Å²) in [7, 11) is 0. The molecule has 1 saturated heterocycles. The number of para-hydroxylation sites is 1. The summed E-state index contributed by atoms with van der Waals surface area (Å²) in [6.45, 7) is 8.34. The standard InChI is InChI=1S/C27H38N2O9/c1-6-7-8-9-11-19-23(38-25(33)15(2)3)17(5)37-27(35)21(16(4)36-26(19)34)29-24(32)18-12-10-13-20(22(18)31)28-14-30/h10,12-17,19,21,23,31H,6-9,11H2,1-5H3,(H,28,30)(H,29,32)/t16-,17+,19-,21+,23+/m1/s1. The molecule has 0 unspecified atom stereocenters. The Morgan fingerprint density at radius 1 is 1.08 bits per heavy atom. The molecule has 5 atom stereocenters. The van der Waals surface area contributed by atoms with Crippen molar-refractivity contribution < 1.29 is 43.3 Å². The normalized spacial score (nSPS) is 23.8. The number of carbonyl (C=O) groups is 5. The zero-order valence-electron chi connectivity index (χ0n) is 22.5. The number of hydrogen-bond acceptors (Lipinski definition) is 9. The summed E-state index contributed by atoms with van der Waals surface area (Å²) in [4.78, 5) is 62.7. The van der Waals surface area contributed by atoms with Crippen LogP contribution in [0.3, 0.4) is 0 Å². The topological polar surface area (TPSA) is 157 Å². The molecule has 0 spiro atoms. The Balaban J connectivity index is 2.34. The number of unbranched alkanes of at least 4 members (excludes halogenated alkanes) is 3. The number of phenolic OH excluding ortho intramolecular Hbond substituents is 1. The van der Waals surface area contributed by atoms with Crippen molar-refractivity contribution in [3.8, 4) is 5.75 Å². The number of carbonyl (C=O) groups excluding carboxylic acids is 5. The van der Waals surface area contributed by atoms with Crippen LogP contribution >= 0.6 is 0 Å². The smallest absolute Gasteiger partial charge is 0.332 e. The van der Waals surface area contributed by atoms with E-state index >= 15 is 0 Å². The first-order chi connectivity index (χ1) is 18.0. The van der Waals surface area contributed by atoms with E-state index < -0.39 is 65.8 Å². The number of rotatable bonds is 11. The van der Waals surface area contributed by atoms with Gasteiger partial charge in [0.25, 0.3) is 5.91 Å². The Hall–Kier alpha value is -3.63. The van der Waals surface area contributed by atoms with Crippen LogP contribution in [0.2, 0.25) is 0 Å². The quantitative estimate of drug-likeness (QED) is 0.128. The van der Waals surface area contributed by atoms with Gasteiger partial charge in [0, 0.05) is 0 Å². The molecular weight excluding hydrogens is 496 g/mol. The molecule has 210 valence electrons. The van der Waals surface area contributed by atoms with E-state index in [0.717, 1.165) is 19.3 Å². The van der Waals surface area contributed by atoms with Crippen LogP contribution in [0.4, 0.5) is 5.69 Å². The summed E-state index contributed by atoms with van der Waals surface area (Å²) >= 11 is 0. The lowest BCUT2D eigenvalue weighted by atomic mass is 9.92. The van der Waals surface area contributed by atoms with Gasteiger partial charge >= 0.3 is 17.9 Å². The van der Waals surface area contributed by atoms with Crippen molar-refractivity contribution in [3.05, 3.63) is 23.8 Å². The maximum Gasteiger partial charge on any atom is 0.332 e. The molecule has 0 saturated carbocycles. The SMILES string of the molecule is CCCCCC[C@H]1C(=O)O[C@H](C)[C@H](NC(=O)c2cccc(NC=O)c2O)C(=O)O[C@@H](C)[C@@H]1OC(=O)C(C)C. The van der Waals surface area contributed by atoms with Crippen LogP contribution < -0.4 is 10.6 Å². The van der Waals surface area contributed by atoms with Crippen molar-refractivity contribution in [3.63, 3.8) is 0 Å². The van der Waals surface area contributed by atoms with E-state index in [1.54, 1.807) is 13.8 Å². The van der Waals surface area contributed by atoms with Gasteiger partial charge in [0.15, 0.2) is 17.9 Å². The third-order valence-corrected chi connectivity index (χ3v) is 6.36. The maximum atomic E-state index is 13.3. The van der Waals surface area contributed by atoms with Crippen molar-refractivity contribution in [1.29, 1.82) is 0 Å². The minimum absolute atomic E-state index is 0.00137. The lowest BCUT2D eigenvalue weighted by molar-refractivity contribution is -0.177. The first kappa shape index (κ1) is 30.6. The third-order valence-electron chi connectivity index (χ3n) is 6.36. The van der Waals surface area contributed by atoms with Crippen molar-refractivity contribution >= 4 is 35.9 Å². The summed E-state index contributed by atoms with van der Waals surface area (Å²) in [6, 6.07) is 2.70. The minimum atomic E-state index is -1.42. The number of hydrogen-bond donors (Lipinski definition) is 3. The molecule has 0 aromatic heterocycles. The van der Waals surface area contributed by atoms with E-state index in [-0.39, 0.29) is 11.3 Å². The average Bonchev–Trinajstić information content (AvgIpc) is 2.88. The van der Waals surface area contributed by atoms with Crippen LogP contribution in [0.15, 0.2) is 18.2 Å². The number of cyclic esters (lactones) is 2. The van der Waals surface area contributed by atoms with Crippen LogP contribution in [-0.4, -0.2) is 59.7 Å². The second-order valence-electron chi connectivity index (χ2n) is 9.71. The van der Waals surface area contributed by atoms with Crippen LogP contribution in [-0.2, 0) is 33.4 Å². The molecule has 1 heterocycles. The van der Waals surface area contributed by atoms with Gasteiger partial charge in [-0.1, -0.05) is 52.5 Å². The van der Waals surface area contributed by atoms with Gasteiger partial charge in [-0.05, 0) is 32.4 Å². The maximum absolute atomic E-state index is 13.3. The average molecular weight is 535 g/mol. The van der Waals surface area contributed by atoms with Crippen LogP contribution in [0.25, 0.3) is 0 Å². The van der Waals surface area contributed by atoms with Gasteiger partial charge in [0.05, 0.1) is 23.1 Å². The molecule has 3 N–H and O–H groups in total. The number of benzene rings is 1. The molecule has 1 fully saturated rings. The van der Waals surface area contributed by atoms with Crippen LogP contribution in [0.5, 0.6) is 5.75 Å². The molecule has 0 aliphatic carbocycles. The van der Waals surface area contributed by atoms with Gasteiger partial charge in [0.1, 0.15) is 12.2 Å². The fourth-order valence-corrected chi connectivity index (χ4v) is 4.14. The van der Waals surface area contributed by atoms with Crippen LogP contribution in [0, 0.1) is 11.8 Å². The highest BCUT2D eigenvalue weighted by Gasteiger charge is 2.44. The van der Waals surface area contributed by atoms with Gasteiger partial charge in [0.2, 0.25) is 6.41 Å². The zero-order valence-corrected chi connectivity index (χ0v) is 22.5. The molecule has 1 aliphatic rings. The summed E-state index contributed by atoms with van der Waals surface area (Å²) in [5, 5.41) is 15.1. The Morgan fingerprint density at radius 3 is 2.39 bits per heavy atom. The summed E-state index contributed by atoms with van der Waals surface area (Å²) < 4.78 is 16.8. The highest BCUT2D eigenvalue weighted by Crippen LogP contribution is 2.29. The number of phenols is 1. The van der Waals surface area contributed by atoms with E-state index in [1.165, 1.54) is 32.0 Å². The molecule has 1 aliphatic heterocycles. The molecule has 1 aromatic carbocycles. The number of esters is 3. The van der Waals surface area contributed by atoms with E-state index in [4.69, 9.17) is 14.2 Å². The lowest BCUT2D eigenvalue weighted by Gasteiger charge is -2.29. The van der Waals surface area contributed by atoms with Gasteiger partial charge in [-0.3, -0.25) is 19.2 Å². The van der Waals surface area contributed by atoms with Crippen molar-refractivity contribution in [1.82, 2.24) is 5.32 Å². The molecular formula is C27H38N2O9. The molecule has 1 aromatic rings. The van der Waals surface area contributed by atoms with Crippen molar-refractivity contribution in [2.75, 3.05) is 5.32 Å².